The Morgan fingerprint density at radius 3 is 2.83 bits per heavy atom. The van der Waals surface area contributed by atoms with E-state index in [2.05, 4.69) is 20.4 Å². The Kier molecular flexibility index (Phi) is 3.91. The molecule has 1 amide bonds. The summed E-state index contributed by atoms with van der Waals surface area (Å²) in [6.07, 6.45) is 2.87. The van der Waals surface area contributed by atoms with Crippen molar-refractivity contribution in [3.05, 3.63) is 36.4 Å². The lowest BCUT2D eigenvalue weighted by atomic mass is 10.3. The second-order valence-corrected chi connectivity index (χ2v) is 4.29. The maximum atomic E-state index is 12.2. The molecule has 1 N–H and O–H groups in total. The Labute approximate surface area is 130 Å². The van der Waals surface area contributed by atoms with Crippen molar-refractivity contribution in [3.8, 4) is 23.4 Å². The molecule has 3 aromatic heterocycles. The quantitative estimate of drug-likeness (QED) is 0.760. The van der Waals surface area contributed by atoms with Crippen LogP contribution in [0.4, 0.5) is 5.69 Å². The average Bonchev–Trinajstić information content (AvgIpc) is 3.26. The summed E-state index contributed by atoms with van der Waals surface area (Å²) in [5.74, 6) is 0.485. The van der Waals surface area contributed by atoms with Crippen molar-refractivity contribution >= 4 is 11.6 Å². The smallest absolute Gasteiger partial charge is 0.319 e. The van der Waals surface area contributed by atoms with Gasteiger partial charge in [0.2, 0.25) is 11.6 Å². The number of ether oxygens (including phenoxy) is 2. The first-order chi connectivity index (χ1) is 11.2. The fourth-order valence-corrected chi connectivity index (χ4v) is 1.79. The van der Waals surface area contributed by atoms with E-state index in [9.17, 15) is 4.79 Å². The Balaban J connectivity index is 1.79. The van der Waals surface area contributed by atoms with E-state index in [0.29, 0.717) is 11.5 Å². The number of furan rings is 1. The summed E-state index contributed by atoms with van der Waals surface area (Å²) in [7, 11) is 2.85. The molecule has 0 spiro atoms. The van der Waals surface area contributed by atoms with E-state index in [4.69, 9.17) is 18.4 Å². The first-order valence-electron chi connectivity index (χ1n) is 6.48. The minimum atomic E-state index is -0.501. The van der Waals surface area contributed by atoms with E-state index in [1.807, 2.05) is 0 Å². The van der Waals surface area contributed by atoms with Crippen LogP contribution in [0.25, 0.3) is 11.5 Å². The third-order valence-corrected chi connectivity index (χ3v) is 2.86. The van der Waals surface area contributed by atoms with Crippen LogP contribution in [-0.2, 0) is 0 Å². The van der Waals surface area contributed by atoms with Gasteiger partial charge in [0.25, 0.3) is 5.91 Å². The molecule has 0 saturated carbocycles. The lowest BCUT2D eigenvalue weighted by Gasteiger charge is -2.08. The van der Waals surface area contributed by atoms with Crippen molar-refractivity contribution in [1.82, 2.24) is 15.1 Å². The number of hydrogen-bond acceptors (Lipinski definition) is 8. The number of nitrogens with zero attached hydrogens (tertiary/aromatic N) is 3. The van der Waals surface area contributed by atoms with E-state index < -0.39 is 5.91 Å². The second-order valence-electron chi connectivity index (χ2n) is 4.29. The van der Waals surface area contributed by atoms with Gasteiger partial charge in [0.1, 0.15) is 5.69 Å². The van der Waals surface area contributed by atoms with Gasteiger partial charge in [0.05, 0.1) is 26.7 Å². The molecule has 0 saturated heterocycles. The van der Waals surface area contributed by atoms with E-state index in [-0.39, 0.29) is 23.3 Å². The standard InChI is InChI=1S/C14H12N4O5/c1-20-13-9(7-15-14(17-13)21-2)16-12(19)8-6-11(23-18-8)10-4-3-5-22-10/h3-7H,1-2H3,(H,16,19). The highest BCUT2D eigenvalue weighted by atomic mass is 16.5. The van der Waals surface area contributed by atoms with Crippen LogP contribution in [0.3, 0.4) is 0 Å². The Morgan fingerprint density at radius 2 is 2.13 bits per heavy atom. The number of methoxy groups -OCH3 is 2. The molecule has 9 heteroatoms. The van der Waals surface area contributed by atoms with Gasteiger partial charge in [-0.25, -0.2) is 4.98 Å². The van der Waals surface area contributed by atoms with E-state index in [1.54, 1.807) is 12.1 Å². The van der Waals surface area contributed by atoms with Crippen LogP contribution in [0.15, 0.2) is 39.6 Å². The molecular formula is C14H12N4O5. The topological polar surface area (TPSA) is 113 Å². The van der Waals surface area contributed by atoms with Gasteiger partial charge < -0.3 is 23.7 Å². The molecular weight excluding hydrogens is 304 g/mol. The summed E-state index contributed by atoms with van der Waals surface area (Å²) in [5, 5.41) is 6.29. The van der Waals surface area contributed by atoms with Crippen molar-refractivity contribution in [2.75, 3.05) is 19.5 Å². The van der Waals surface area contributed by atoms with Crippen molar-refractivity contribution in [3.63, 3.8) is 0 Å². The maximum absolute atomic E-state index is 12.2. The van der Waals surface area contributed by atoms with Gasteiger partial charge in [-0.05, 0) is 12.1 Å². The second kappa shape index (κ2) is 6.18. The molecule has 0 bridgehead atoms. The van der Waals surface area contributed by atoms with Gasteiger partial charge in [0, 0.05) is 6.07 Å². The molecule has 0 fully saturated rings. The van der Waals surface area contributed by atoms with Gasteiger partial charge >= 0.3 is 6.01 Å². The van der Waals surface area contributed by atoms with E-state index >= 15 is 0 Å². The molecule has 3 heterocycles. The van der Waals surface area contributed by atoms with Crippen LogP contribution < -0.4 is 14.8 Å². The van der Waals surface area contributed by atoms with Gasteiger partial charge in [0.15, 0.2) is 11.5 Å². The highest BCUT2D eigenvalue weighted by Crippen LogP contribution is 2.24. The molecule has 3 rings (SSSR count). The number of aromatic nitrogens is 3. The zero-order valence-electron chi connectivity index (χ0n) is 12.3. The third-order valence-electron chi connectivity index (χ3n) is 2.86. The van der Waals surface area contributed by atoms with E-state index in [1.165, 1.54) is 32.7 Å². The zero-order chi connectivity index (χ0) is 16.2. The Hall–Kier alpha value is -3.36. The lowest BCUT2D eigenvalue weighted by molar-refractivity contribution is 0.101. The summed E-state index contributed by atoms with van der Waals surface area (Å²) < 4.78 is 20.2. The predicted octanol–water partition coefficient (Wildman–Crippen LogP) is 1.99. The molecule has 0 atom stereocenters. The number of anilines is 1. The molecule has 0 aliphatic carbocycles. The monoisotopic (exact) mass is 316 g/mol. The molecule has 0 aliphatic rings. The van der Waals surface area contributed by atoms with Crippen LogP contribution in [0, 0.1) is 0 Å². The first kappa shape index (κ1) is 14.6. The third kappa shape index (κ3) is 2.98. The summed E-state index contributed by atoms with van der Waals surface area (Å²) in [4.78, 5) is 20.1. The summed E-state index contributed by atoms with van der Waals surface area (Å²) in [6, 6.07) is 4.99. The summed E-state index contributed by atoms with van der Waals surface area (Å²) in [5.41, 5.74) is 0.357. The number of carbonyl (C=O) groups is 1. The number of hydrogen-bond donors (Lipinski definition) is 1. The molecule has 23 heavy (non-hydrogen) atoms. The maximum Gasteiger partial charge on any atom is 0.319 e. The molecule has 0 aliphatic heterocycles. The molecule has 9 nitrogen and oxygen atoms in total. The van der Waals surface area contributed by atoms with Crippen LogP contribution in [0.1, 0.15) is 10.5 Å². The SMILES string of the molecule is COc1ncc(NC(=O)c2cc(-c3ccco3)on2)c(OC)n1. The number of carbonyl (C=O) groups excluding carboxylic acids is 1. The lowest BCUT2D eigenvalue weighted by Crippen LogP contribution is -2.14. The number of amides is 1. The first-order valence-corrected chi connectivity index (χ1v) is 6.48. The van der Waals surface area contributed by atoms with Crippen LogP contribution >= 0.6 is 0 Å². The fraction of sp³-hybridized carbons (Fsp3) is 0.143. The largest absolute Gasteiger partial charge is 0.479 e. The number of nitrogens with one attached hydrogen (secondary N) is 1. The van der Waals surface area contributed by atoms with Crippen LogP contribution in [0.5, 0.6) is 11.9 Å². The van der Waals surface area contributed by atoms with Crippen molar-refractivity contribution in [1.29, 1.82) is 0 Å². The Bertz CT molecular complexity index is 812. The van der Waals surface area contributed by atoms with Crippen molar-refractivity contribution in [2.45, 2.75) is 0 Å². The van der Waals surface area contributed by atoms with Gasteiger partial charge in [-0.2, -0.15) is 4.98 Å². The van der Waals surface area contributed by atoms with Crippen molar-refractivity contribution in [2.24, 2.45) is 0 Å². The van der Waals surface area contributed by atoms with Crippen LogP contribution in [-0.4, -0.2) is 35.3 Å². The normalized spacial score (nSPS) is 10.3. The van der Waals surface area contributed by atoms with Crippen molar-refractivity contribution < 1.29 is 23.2 Å². The molecule has 0 unspecified atom stereocenters. The molecule has 3 aromatic rings. The average molecular weight is 316 g/mol. The van der Waals surface area contributed by atoms with Gasteiger partial charge in [-0.1, -0.05) is 5.16 Å². The highest BCUT2D eigenvalue weighted by Gasteiger charge is 2.18. The fourth-order valence-electron chi connectivity index (χ4n) is 1.79. The Morgan fingerprint density at radius 1 is 1.26 bits per heavy atom. The zero-order valence-corrected chi connectivity index (χ0v) is 12.3. The minimum Gasteiger partial charge on any atom is -0.479 e. The molecule has 118 valence electrons. The van der Waals surface area contributed by atoms with Gasteiger partial charge in [-0.15, -0.1) is 0 Å². The summed E-state index contributed by atoms with van der Waals surface area (Å²) in [6.45, 7) is 0. The van der Waals surface area contributed by atoms with Crippen LogP contribution in [0.2, 0.25) is 0 Å². The number of rotatable bonds is 5. The molecule has 0 aromatic carbocycles. The van der Waals surface area contributed by atoms with E-state index in [0.717, 1.165) is 0 Å². The molecule has 0 radical (unpaired) electrons. The summed E-state index contributed by atoms with van der Waals surface area (Å²) >= 11 is 0. The predicted molar refractivity (Wildman–Crippen MR) is 77.3 cm³/mol. The minimum absolute atomic E-state index is 0.0780. The van der Waals surface area contributed by atoms with Gasteiger partial charge in [-0.3, -0.25) is 4.79 Å². The highest BCUT2D eigenvalue weighted by molar-refractivity contribution is 6.03.